The Labute approximate surface area is 159 Å². The fourth-order valence-electron chi connectivity index (χ4n) is 4.43. The van der Waals surface area contributed by atoms with Crippen molar-refractivity contribution in [1.82, 2.24) is 20.4 Å². The fourth-order valence-corrected chi connectivity index (χ4v) is 4.56. The van der Waals surface area contributed by atoms with Crippen LogP contribution in [0.3, 0.4) is 0 Å². The van der Waals surface area contributed by atoms with E-state index in [1.807, 2.05) is 24.3 Å². The van der Waals surface area contributed by atoms with Gasteiger partial charge in [0, 0.05) is 23.2 Å². The van der Waals surface area contributed by atoms with E-state index in [1.54, 1.807) is 6.20 Å². The fraction of sp³-hybridized carbons (Fsp3) is 0.500. The molecule has 2 N–H and O–H groups in total. The maximum absolute atomic E-state index is 12.8. The van der Waals surface area contributed by atoms with Gasteiger partial charge in [-0.05, 0) is 56.8 Å². The number of H-pyrrole nitrogens is 1. The van der Waals surface area contributed by atoms with E-state index >= 15 is 0 Å². The van der Waals surface area contributed by atoms with Crippen LogP contribution >= 0.6 is 11.6 Å². The lowest BCUT2D eigenvalue weighted by Gasteiger charge is -2.44. The average Bonchev–Trinajstić information content (AvgIpc) is 3.16. The number of carbonyl (C=O) groups is 1. The van der Waals surface area contributed by atoms with E-state index in [2.05, 4.69) is 20.4 Å². The number of hydrogen-bond donors (Lipinski definition) is 2. The number of amides is 1. The number of halogens is 1. The van der Waals surface area contributed by atoms with E-state index in [0.717, 1.165) is 17.8 Å². The Kier molecular flexibility index (Phi) is 5.27. The monoisotopic (exact) mass is 372 g/mol. The van der Waals surface area contributed by atoms with Gasteiger partial charge in [-0.1, -0.05) is 30.2 Å². The van der Waals surface area contributed by atoms with Crippen molar-refractivity contribution < 1.29 is 4.79 Å². The summed E-state index contributed by atoms with van der Waals surface area (Å²) in [5.41, 5.74) is 2.24. The molecule has 2 aliphatic rings. The molecule has 5 nitrogen and oxygen atoms in total. The molecule has 3 heterocycles. The molecule has 0 saturated carbocycles. The van der Waals surface area contributed by atoms with Gasteiger partial charge in [-0.25, -0.2) is 0 Å². The lowest BCUT2D eigenvalue weighted by Crippen LogP contribution is -2.51. The maximum atomic E-state index is 12.8. The smallest absolute Gasteiger partial charge is 0.255 e. The zero-order valence-electron chi connectivity index (χ0n) is 14.9. The van der Waals surface area contributed by atoms with Crippen LogP contribution in [0.5, 0.6) is 0 Å². The van der Waals surface area contributed by atoms with Crippen molar-refractivity contribution in [1.29, 1.82) is 0 Å². The molecule has 2 aliphatic heterocycles. The molecule has 6 heteroatoms. The predicted octanol–water partition coefficient (Wildman–Crippen LogP) is 3.72. The van der Waals surface area contributed by atoms with Crippen LogP contribution in [0, 0.1) is 5.92 Å². The molecule has 0 radical (unpaired) electrons. The highest BCUT2D eigenvalue weighted by atomic mass is 35.5. The van der Waals surface area contributed by atoms with Crippen molar-refractivity contribution >= 4 is 17.5 Å². The van der Waals surface area contributed by atoms with Crippen molar-refractivity contribution in [3.63, 3.8) is 0 Å². The Bertz CT molecular complexity index is 755. The molecule has 138 valence electrons. The minimum Gasteiger partial charge on any atom is -0.352 e. The van der Waals surface area contributed by atoms with Crippen LogP contribution in [0.1, 0.15) is 42.5 Å². The number of hydrogen-bond acceptors (Lipinski definition) is 3. The van der Waals surface area contributed by atoms with Crippen molar-refractivity contribution in [2.75, 3.05) is 19.6 Å². The van der Waals surface area contributed by atoms with Crippen LogP contribution in [0.25, 0.3) is 11.3 Å². The summed E-state index contributed by atoms with van der Waals surface area (Å²) in [7, 11) is 0. The molecule has 0 aliphatic carbocycles. The standard InChI is InChI=1S/C20H25ClN4O/c21-16-8-6-14(7-9-16)19-17(13-23-24-19)20(26)22-12-15-4-3-11-25-10-2-1-5-18(15)25/h6-9,13,15,18H,1-5,10-12H2,(H,22,26)(H,23,24)/t15-,18?/m0/s1. The average molecular weight is 373 g/mol. The highest BCUT2D eigenvalue weighted by molar-refractivity contribution is 6.30. The molecular formula is C20H25ClN4O. The summed E-state index contributed by atoms with van der Waals surface area (Å²) >= 11 is 5.96. The lowest BCUT2D eigenvalue weighted by atomic mass is 9.83. The molecule has 0 spiro atoms. The third kappa shape index (κ3) is 3.64. The number of nitrogens with zero attached hydrogens (tertiary/aromatic N) is 2. The summed E-state index contributed by atoms with van der Waals surface area (Å²) in [6, 6.07) is 8.07. The summed E-state index contributed by atoms with van der Waals surface area (Å²) in [6.45, 7) is 3.18. The first-order chi connectivity index (χ1) is 12.7. The topological polar surface area (TPSA) is 61.0 Å². The third-order valence-electron chi connectivity index (χ3n) is 5.77. The van der Waals surface area contributed by atoms with E-state index in [0.29, 0.717) is 22.5 Å². The Morgan fingerprint density at radius 3 is 2.85 bits per heavy atom. The summed E-state index contributed by atoms with van der Waals surface area (Å²) in [6.07, 6.45) is 7.94. The van der Waals surface area contributed by atoms with Gasteiger partial charge in [-0.15, -0.1) is 0 Å². The summed E-state index contributed by atoms with van der Waals surface area (Å²) in [5.74, 6) is 0.496. The number of nitrogens with one attached hydrogen (secondary N) is 2. The van der Waals surface area contributed by atoms with Crippen LogP contribution in [-0.4, -0.2) is 46.7 Å². The molecule has 1 aromatic carbocycles. The molecule has 4 rings (SSSR count). The molecule has 2 fully saturated rings. The van der Waals surface area contributed by atoms with Crippen LogP contribution in [0.4, 0.5) is 0 Å². The SMILES string of the molecule is O=C(NC[C@@H]1CCCN2CCCCC12)c1cn[nH]c1-c1ccc(Cl)cc1. The highest BCUT2D eigenvalue weighted by Gasteiger charge is 2.33. The second-order valence-corrected chi connectivity index (χ2v) is 7.81. The first kappa shape index (κ1) is 17.6. The Morgan fingerprint density at radius 2 is 2.00 bits per heavy atom. The Balaban J connectivity index is 1.43. The first-order valence-electron chi connectivity index (χ1n) is 9.54. The summed E-state index contributed by atoms with van der Waals surface area (Å²) in [4.78, 5) is 15.4. The zero-order valence-corrected chi connectivity index (χ0v) is 15.6. The predicted molar refractivity (Wildman–Crippen MR) is 103 cm³/mol. The van der Waals surface area contributed by atoms with Gasteiger partial charge in [0.1, 0.15) is 0 Å². The van der Waals surface area contributed by atoms with Crippen molar-refractivity contribution in [3.8, 4) is 11.3 Å². The van der Waals surface area contributed by atoms with E-state index < -0.39 is 0 Å². The minimum absolute atomic E-state index is 0.0587. The normalized spacial score (nSPS) is 23.4. The van der Waals surface area contributed by atoms with Crippen LogP contribution in [0.15, 0.2) is 30.5 Å². The van der Waals surface area contributed by atoms with Gasteiger partial charge in [-0.3, -0.25) is 9.89 Å². The lowest BCUT2D eigenvalue weighted by molar-refractivity contribution is 0.0576. The quantitative estimate of drug-likeness (QED) is 0.859. The highest BCUT2D eigenvalue weighted by Crippen LogP contribution is 2.30. The van der Waals surface area contributed by atoms with E-state index in [-0.39, 0.29) is 5.91 Å². The zero-order chi connectivity index (χ0) is 17.9. The molecule has 2 atom stereocenters. The van der Waals surface area contributed by atoms with Gasteiger partial charge in [-0.2, -0.15) is 5.10 Å². The van der Waals surface area contributed by atoms with Crippen LogP contribution < -0.4 is 5.32 Å². The summed E-state index contributed by atoms with van der Waals surface area (Å²) in [5, 5.41) is 10.9. The number of aromatic amines is 1. The van der Waals surface area contributed by atoms with Gasteiger partial charge >= 0.3 is 0 Å². The van der Waals surface area contributed by atoms with Gasteiger partial charge < -0.3 is 10.2 Å². The van der Waals surface area contributed by atoms with Gasteiger partial charge in [0.15, 0.2) is 0 Å². The Morgan fingerprint density at radius 1 is 1.19 bits per heavy atom. The van der Waals surface area contributed by atoms with E-state index in [9.17, 15) is 4.79 Å². The van der Waals surface area contributed by atoms with Crippen molar-refractivity contribution in [2.24, 2.45) is 5.92 Å². The molecule has 2 saturated heterocycles. The number of carbonyl (C=O) groups excluding carboxylic acids is 1. The molecule has 26 heavy (non-hydrogen) atoms. The Hall–Kier alpha value is -1.85. The largest absolute Gasteiger partial charge is 0.352 e. The molecule has 1 aromatic heterocycles. The minimum atomic E-state index is -0.0587. The summed E-state index contributed by atoms with van der Waals surface area (Å²) < 4.78 is 0. The molecule has 2 aromatic rings. The van der Waals surface area contributed by atoms with Gasteiger partial charge in [0.25, 0.3) is 5.91 Å². The number of aromatic nitrogens is 2. The number of piperidine rings is 2. The number of benzene rings is 1. The van der Waals surface area contributed by atoms with E-state index in [4.69, 9.17) is 11.6 Å². The number of fused-ring (bicyclic) bond motifs is 1. The molecule has 1 amide bonds. The van der Waals surface area contributed by atoms with Crippen LogP contribution in [-0.2, 0) is 0 Å². The van der Waals surface area contributed by atoms with E-state index in [1.165, 1.54) is 45.2 Å². The molecule has 1 unspecified atom stereocenters. The maximum Gasteiger partial charge on any atom is 0.255 e. The molecule has 0 bridgehead atoms. The second-order valence-electron chi connectivity index (χ2n) is 7.38. The third-order valence-corrected chi connectivity index (χ3v) is 6.02. The van der Waals surface area contributed by atoms with Crippen LogP contribution in [0.2, 0.25) is 5.02 Å². The number of rotatable bonds is 4. The molecular weight excluding hydrogens is 348 g/mol. The van der Waals surface area contributed by atoms with Gasteiger partial charge in [0.2, 0.25) is 0 Å². The van der Waals surface area contributed by atoms with Gasteiger partial charge in [0.05, 0.1) is 17.5 Å². The first-order valence-corrected chi connectivity index (χ1v) is 9.92. The van der Waals surface area contributed by atoms with Crippen molar-refractivity contribution in [3.05, 3.63) is 41.0 Å². The van der Waals surface area contributed by atoms with Crippen molar-refractivity contribution in [2.45, 2.75) is 38.1 Å². The second kappa shape index (κ2) is 7.80.